The Morgan fingerprint density at radius 1 is 1.33 bits per heavy atom. The summed E-state index contributed by atoms with van der Waals surface area (Å²) in [6.45, 7) is 6.20. The van der Waals surface area contributed by atoms with Gasteiger partial charge < -0.3 is 10.5 Å². The van der Waals surface area contributed by atoms with E-state index in [9.17, 15) is 8.42 Å². The fraction of sp³-hybridized carbons (Fsp3) is 0.500. The zero-order valence-electron chi connectivity index (χ0n) is 11.0. The highest BCUT2D eigenvalue weighted by Crippen LogP contribution is 2.25. The fourth-order valence-electron chi connectivity index (χ4n) is 1.51. The first kappa shape index (κ1) is 14.8. The molecule has 0 aliphatic carbocycles. The first-order valence-corrected chi connectivity index (χ1v) is 7.46. The van der Waals surface area contributed by atoms with Crippen LogP contribution in [0.4, 0.5) is 11.4 Å². The fourth-order valence-corrected chi connectivity index (χ4v) is 2.50. The summed E-state index contributed by atoms with van der Waals surface area (Å²) in [6.07, 6.45) is 0. The molecule has 6 heteroatoms. The maximum Gasteiger partial charge on any atom is 0.235 e. The topological polar surface area (TPSA) is 81.4 Å². The molecule has 0 unspecified atom stereocenters. The Morgan fingerprint density at radius 2 is 2.00 bits per heavy atom. The predicted octanol–water partition coefficient (Wildman–Crippen LogP) is 1.66. The SMILES string of the molecule is CCOCCS(=O)(=O)Nc1ccc(C)c(N)c1C. The smallest absolute Gasteiger partial charge is 0.235 e. The minimum atomic E-state index is -3.39. The molecule has 102 valence electrons. The quantitative estimate of drug-likeness (QED) is 0.609. The van der Waals surface area contributed by atoms with Gasteiger partial charge in [-0.1, -0.05) is 6.07 Å². The average Bonchev–Trinajstić information content (AvgIpc) is 2.30. The molecule has 0 fully saturated rings. The van der Waals surface area contributed by atoms with Crippen LogP contribution in [0.3, 0.4) is 0 Å². The normalized spacial score (nSPS) is 11.5. The molecule has 0 heterocycles. The number of hydrogen-bond acceptors (Lipinski definition) is 4. The van der Waals surface area contributed by atoms with Crippen LogP contribution in [0.1, 0.15) is 18.1 Å². The van der Waals surface area contributed by atoms with Gasteiger partial charge in [-0.05, 0) is 38.0 Å². The van der Waals surface area contributed by atoms with E-state index in [0.29, 0.717) is 18.0 Å². The highest BCUT2D eigenvalue weighted by molar-refractivity contribution is 7.92. The van der Waals surface area contributed by atoms with Gasteiger partial charge in [0.25, 0.3) is 0 Å². The van der Waals surface area contributed by atoms with E-state index >= 15 is 0 Å². The Hall–Kier alpha value is -1.27. The average molecular weight is 272 g/mol. The monoisotopic (exact) mass is 272 g/mol. The number of ether oxygens (including phenoxy) is 1. The predicted molar refractivity (Wildman–Crippen MR) is 74.2 cm³/mol. The Labute approximate surface area is 108 Å². The third-order valence-corrected chi connectivity index (χ3v) is 3.93. The zero-order chi connectivity index (χ0) is 13.8. The molecule has 0 amide bonds. The van der Waals surface area contributed by atoms with Gasteiger partial charge in [0.15, 0.2) is 0 Å². The summed E-state index contributed by atoms with van der Waals surface area (Å²) < 4.78 is 31.1. The van der Waals surface area contributed by atoms with Crippen LogP contribution in [0, 0.1) is 13.8 Å². The number of nitrogens with one attached hydrogen (secondary N) is 1. The van der Waals surface area contributed by atoms with Crippen molar-refractivity contribution in [3.63, 3.8) is 0 Å². The molecule has 0 atom stereocenters. The molecule has 0 saturated heterocycles. The van der Waals surface area contributed by atoms with Gasteiger partial charge in [0, 0.05) is 12.3 Å². The molecule has 0 spiro atoms. The Bertz CT molecular complexity index is 512. The van der Waals surface area contributed by atoms with Crippen LogP contribution in [0.15, 0.2) is 12.1 Å². The minimum absolute atomic E-state index is 0.0614. The van der Waals surface area contributed by atoms with Crippen molar-refractivity contribution >= 4 is 21.4 Å². The third-order valence-electron chi connectivity index (χ3n) is 2.70. The largest absolute Gasteiger partial charge is 0.398 e. The van der Waals surface area contributed by atoms with Crippen LogP contribution in [0.5, 0.6) is 0 Å². The molecule has 0 saturated carbocycles. The molecule has 5 nitrogen and oxygen atoms in total. The van der Waals surface area contributed by atoms with Crippen molar-refractivity contribution in [3.8, 4) is 0 Å². The van der Waals surface area contributed by atoms with Crippen molar-refractivity contribution in [2.45, 2.75) is 20.8 Å². The van der Waals surface area contributed by atoms with E-state index in [1.807, 2.05) is 13.8 Å². The van der Waals surface area contributed by atoms with Gasteiger partial charge in [0.1, 0.15) is 0 Å². The van der Waals surface area contributed by atoms with Crippen LogP contribution in [-0.2, 0) is 14.8 Å². The first-order chi connectivity index (χ1) is 8.37. The summed E-state index contributed by atoms with van der Waals surface area (Å²) in [5.41, 5.74) is 8.68. The van der Waals surface area contributed by atoms with E-state index in [4.69, 9.17) is 10.5 Å². The molecule has 1 rings (SSSR count). The van der Waals surface area contributed by atoms with E-state index in [1.165, 1.54) is 0 Å². The van der Waals surface area contributed by atoms with E-state index < -0.39 is 10.0 Å². The van der Waals surface area contributed by atoms with Crippen LogP contribution in [0.25, 0.3) is 0 Å². The lowest BCUT2D eigenvalue weighted by Gasteiger charge is -2.13. The lowest BCUT2D eigenvalue weighted by Crippen LogP contribution is -2.21. The number of sulfonamides is 1. The molecule has 3 N–H and O–H groups in total. The number of benzene rings is 1. The number of nitrogens with two attached hydrogens (primary N) is 1. The molecule has 0 bridgehead atoms. The molecular weight excluding hydrogens is 252 g/mol. The second-order valence-electron chi connectivity index (χ2n) is 4.09. The molecule has 18 heavy (non-hydrogen) atoms. The van der Waals surface area contributed by atoms with Crippen molar-refractivity contribution in [2.75, 3.05) is 29.4 Å². The molecule has 0 aliphatic heterocycles. The van der Waals surface area contributed by atoms with Crippen molar-refractivity contribution < 1.29 is 13.2 Å². The molecule has 0 aromatic heterocycles. The summed E-state index contributed by atoms with van der Waals surface area (Å²) in [7, 11) is -3.39. The first-order valence-electron chi connectivity index (χ1n) is 5.81. The number of rotatable bonds is 6. The van der Waals surface area contributed by atoms with Crippen LogP contribution >= 0.6 is 0 Å². The molecule has 1 aromatic carbocycles. The van der Waals surface area contributed by atoms with E-state index in [2.05, 4.69) is 4.72 Å². The van der Waals surface area contributed by atoms with Crippen molar-refractivity contribution in [1.82, 2.24) is 0 Å². The van der Waals surface area contributed by atoms with Gasteiger partial charge in [-0.15, -0.1) is 0 Å². The van der Waals surface area contributed by atoms with Gasteiger partial charge in [-0.2, -0.15) is 0 Å². The lowest BCUT2D eigenvalue weighted by atomic mass is 10.1. The molecule has 0 aliphatic rings. The molecule has 0 radical (unpaired) electrons. The number of aryl methyl sites for hydroxylation is 1. The van der Waals surface area contributed by atoms with Crippen LogP contribution in [0.2, 0.25) is 0 Å². The van der Waals surface area contributed by atoms with Gasteiger partial charge in [-0.25, -0.2) is 8.42 Å². The molecule has 1 aromatic rings. The Morgan fingerprint density at radius 3 is 2.61 bits per heavy atom. The summed E-state index contributed by atoms with van der Waals surface area (Å²) in [5.74, 6) is -0.0614. The highest BCUT2D eigenvalue weighted by Gasteiger charge is 2.13. The number of nitrogen functional groups attached to an aromatic ring is 1. The van der Waals surface area contributed by atoms with Gasteiger partial charge in [0.2, 0.25) is 10.0 Å². The van der Waals surface area contributed by atoms with Crippen molar-refractivity contribution in [1.29, 1.82) is 0 Å². The second-order valence-corrected chi connectivity index (χ2v) is 5.93. The summed E-state index contributed by atoms with van der Waals surface area (Å²) in [6, 6.07) is 3.52. The number of anilines is 2. The third kappa shape index (κ3) is 3.89. The van der Waals surface area contributed by atoms with Crippen LogP contribution in [-0.4, -0.2) is 27.4 Å². The highest BCUT2D eigenvalue weighted by atomic mass is 32.2. The second kappa shape index (κ2) is 6.06. The Balaban J connectivity index is 2.82. The molecular formula is C12H20N2O3S. The van der Waals surface area contributed by atoms with Gasteiger partial charge >= 0.3 is 0 Å². The summed E-state index contributed by atoms with van der Waals surface area (Å²) in [4.78, 5) is 0. The maximum absolute atomic E-state index is 11.8. The van der Waals surface area contributed by atoms with E-state index in [-0.39, 0.29) is 12.4 Å². The van der Waals surface area contributed by atoms with Gasteiger partial charge in [-0.3, -0.25) is 4.72 Å². The van der Waals surface area contributed by atoms with Crippen molar-refractivity contribution in [2.24, 2.45) is 0 Å². The maximum atomic E-state index is 11.8. The number of hydrogen-bond donors (Lipinski definition) is 2. The zero-order valence-corrected chi connectivity index (χ0v) is 11.8. The van der Waals surface area contributed by atoms with Gasteiger partial charge in [0.05, 0.1) is 18.0 Å². The van der Waals surface area contributed by atoms with Crippen LogP contribution < -0.4 is 10.5 Å². The summed E-state index contributed by atoms with van der Waals surface area (Å²) in [5, 5.41) is 0. The summed E-state index contributed by atoms with van der Waals surface area (Å²) >= 11 is 0. The minimum Gasteiger partial charge on any atom is -0.398 e. The standard InChI is InChI=1S/C12H20N2O3S/c1-4-17-7-8-18(15,16)14-11-6-5-9(2)12(13)10(11)3/h5-6,14H,4,7-8,13H2,1-3H3. The lowest BCUT2D eigenvalue weighted by molar-refractivity contribution is 0.163. The Kier molecular flexibility index (Phi) is 4.98. The van der Waals surface area contributed by atoms with E-state index in [0.717, 1.165) is 11.1 Å². The van der Waals surface area contributed by atoms with Crippen molar-refractivity contribution in [3.05, 3.63) is 23.3 Å². The van der Waals surface area contributed by atoms with E-state index in [1.54, 1.807) is 19.1 Å².